The van der Waals surface area contributed by atoms with Crippen LogP contribution < -0.4 is 10.1 Å². The Kier molecular flexibility index (Phi) is 4.71. The molecule has 19 heavy (non-hydrogen) atoms. The summed E-state index contributed by atoms with van der Waals surface area (Å²) in [6.45, 7) is 5.43. The van der Waals surface area contributed by atoms with Crippen LogP contribution in [0.2, 0.25) is 0 Å². The second-order valence-corrected chi connectivity index (χ2v) is 4.55. The molecule has 1 aliphatic rings. The Bertz CT molecular complexity index is 428. The summed E-state index contributed by atoms with van der Waals surface area (Å²) in [5.74, 6) is -1.43. The van der Waals surface area contributed by atoms with Crippen LogP contribution in [0, 0.1) is 11.6 Å². The zero-order chi connectivity index (χ0) is 13.8. The van der Waals surface area contributed by atoms with E-state index in [1.165, 1.54) is 6.07 Å². The van der Waals surface area contributed by atoms with Crippen LogP contribution in [-0.2, 0) is 4.74 Å². The van der Waals surface area contributed by atoms with Gasteiger partial charge in [0.15, 0.2) is 11.6 Å². The van der Waals surface area contributed by atoms with E-state index in [0.29, 0.717) is 12.4 Å². The summed E-state index contributed by atoms with van der Waals surface area (Å²) in [5.41, 5.74) is 0. The molecule has 3 atom stereocenters. The zero-order valence-corrected chi connectivity index (χ0v) is 11.2. The van der Waals surface area contributed by atoms with Gasteiger partial charge in [0.2, 0.25) is 0 Å². The van der Waals surface area contributed by atoms with Gasteiger partial charge in [0, 0.05) is 25.1 Å². The molecule has 0 radical (unpaired) electrons. The molecule has 1 aliphatic carbocycles. The average Bonchev–Trinajstić information content (AvgIpc) is 2.39. The summed E-state index contributed by atoms with van der Waals surface area (Å²) >= 11 is 0. The number of benzene rings is 1. The SMILES string of the molecule is CCNC1CC(Oc2ccc(F)c(F)c2)C1OCC. The zero-order valence-electron chi connectivity index (χ0n) is 11.2. The third kappa shape index (κ3) is 3.22. The highest BCUT2D eigenvalue weighted by atomic mass is 19.2. The van der Waals surface area contributed by atoms with Crippen molar-refractivity contribution in [2.75, 3.05) is 13.2 Å². The van der Waals surface area contributed by atoms with Crippen LogP contribution in [0.5, 0.6) is 5.75 Å². The van der Waals surface area contributed by atoms with Crippen molar-refractivity contribution in [3.05, 3.63) is 29.8 Å². The van der Waals surface area contributed by atoms with E-state index in [0.717, 1.165) is 25.1 Å². The number of rotatable bonds is 6. The first-order valence-corrected chi connectivity index (χ1v) is 6.62. The summed E-state index contributed by atoms with van der Waals surface area (Å²) in [6, 6.07) is 3.84. The third-order valence-corrected chi connectivity index (χ3v) is 3.25. The second-order valence-electron chi connectivity index (χ2n) is 4.55. The van der Waals surface area contributed by atoms with Crippen LogP contribution in [0.3, 0.4) is 0 Å². The number of ether oxygens (including phenoxy) is 2. The van der Waals surface area contributed by atoms with Crippen molar-refractivity contribution >= 4 is 0 Å². The van der Waals surface area contributed by atoms with Crippen LogP contribution in [0.15, 0.2) is 18.2 Å². The van der Waals surface area contributed by atoms with Crippen molar-refractivity contribution in [1.29, 1.82) is 0 Å². The van der Waals surface area contributed by atoms with Gasteiger partial charge in [-0.1, -0.05) is 6.92 Å². The highest BCUT2D eigenvalue weighted by molar-refractivity contribution is 5.24. The van der Waals surface area contributed by atoms with Gasteiger partial charge in [-0.05, 0) is 25.6 Å². The molecule has 0 saturated heterocycles. The minimum absolute atomic E-state index is 0.0435. The monoisotopic (exact) mass is 271 g/mol. The maximum absolute atomic E-state index is 13.1. The summed E-state index contributed by atoms with van der Waals surface area (Å²) in [5, 5.41) is 3.31. The van der Waals surface area contributed by atoms with Gasteiger partial charge in [-0.15, -0.1) is 0 Å². The summed E-state index contributed by atoms with van der Waals surface area (Å²) in [4.78, 5) is 0. The van der Waals surface area contributed by atoms with Crippen LogP contribution in [0.1, 0.15) is 20.3 Å². The van der Waals surface area contributed by atoms with Crippen molar-refractivity contribution in [1.82, 2.24) is 5.32 Å². The Morgan fingerprint density at radius 2 is 2.05 bits per heavy atom. The standard InChI is InChI=1S/C14H19F2NO2/c1-3-17-12-8-13(14(12)18-4-2)19-9-5-6-10(15)11(16)7-9/h5-7,12-14,17H,3-4,8H2,1-2H3. The average molecular weight is 271 g/mol. The second kappa shape index (κ2) is 6.30. The number of hydrogen-bond acceptors (Lipinski definition) is 3. The lowest BCUT2D eigenvalue weighted by Crippen LogP contribution is -2.61. The predicted molar refractivity (Wildman–Crippen MR) is 68.3 cm³/mol. The van der Waals surface area contributed by atoms with E-state index >= 15 is 0 Å². The quantitative estimate of drug-likeness (QED) is 0.862. The number of hydrogen-bond donors (Lipinski definition) is 1. The molecule has 1 saturated carbocycles. The molecule has 0 bridgehead atoms. The molecule has 106 valence electrons. The normalized spacial score (nSPS) is 26.0. The van der Waals surface area contributed by atoms with Crippen LogP contribution in [0.25, 0.3) is 0 Å². The van der Waals surface area contributed by atoms with Crippen molar-refractivity contribution in [3.8, 4) is 5.75 Å². The summed E-state index contributed by atoms with van der Waals surface area (Å²) in [7, 11) is 0. The number of nitrogens with one attached hydrogen (secondary N) is 1. The molecule has 1 aromatic carbocycles. The molecule has 0 heterocycles. The van der Waals surface area contributed by atoms with Gasteiger partial charge in [-0.25, -0.2) is 8.78 Å². The van der Waals surface area contributed by atoms with Gasteiger partial charge in [-0.3, -0.25) is 0 Å². The van der Waals surface area contributed by atoms with E-state index in [1.54, 1.807) is 0 Å². The number of likely N-dealkylation sites (N-methyl/N-ethyl adjacent to an activating group) is 1. The van der Waals surface area contributed by atoms with Crippen molar-refractivity contribution in [2.45, 2.75) is 38.5 Å². The first kappa shape index (κ1) is 14.2. The van der Waals surface area contributed by atoms with Gasteiger partial charge < -0.3 is 14.8 Å². The lowest BCUT2D eigenvalue weighted by Gasteiger charge is -2.44. The number of halogens is 2. The molecule has 5 heteroatoms. The van der Waals surface area contributed by atoms with Gasteiger partial charge in [0.25, 0.3) is 0 Å². The molecule has 2 rings (SSSR count). The molecule has 1 N–H and O–H groups in total. The molecule has 3 unspecified atom stereocenters. The topological polar surface area (TPSA) is 30.5 Å². The van der Waals surface area contributed by atoms with E-state index in [2.05, 4.69) is 5.32 Å². The van der Waals surface area contributed by atoms with E-state index in [-0.39, 0.29) is 18.2 Å². The summed E-state index contributed by atoms with van der Waals surface area (Å²) < 4.78 is 37.2. The van der Waals surface area contributed by atoms with E-state index in [9.17, 15) is 8.78 Å². The third-order valence-electron chi connectivity index (χ3n) is 3.25. The van der Waals surface area contributed by atoms with Gasteiger partial charge in [-0.2, -0.15) is 0 Å². The van der Waals surface area contributed by atoms with Crippen LogP contribution in [-0.4, -0.2) is 31.4 Å². The first-order chi connectivity index (χ1) is 9.15. The molecule has 0 spiro atoms. The van der Waals surface area contributed by atoms with Gasteiger partial charge in [0.1, 0.15) is 18.0 Å². The largest absolute Gasteiger partial charge is 0.487 e. The van der Waals surface area contributed by atoms with E-state index in [1.807, 2.05) is 13.8 Å². The Morgan fingerprint density at radius 1 is 1.26 bits per heavy atom. The first-order valence-electron chi connectivity index (χ1n) is 6.62. The molecule has 1 aromatic rings. The van der Waals surface area contributed by atoms with Crippen molar-refractivity contribution < 1.29 is 18.3 Å². The molecule has 0 aromatic heterocycles. The van der Waals surface area contributed by atoms with Gasteiger partial charge >= 0.3 is 0 Å². The van der Waals surface area contributed by atoms with Crippen LogP contribution in [0.4, 0.5) is 8.78 Å². The fourth-order valence-corrected chi connectivity index (χ4v) is 2.30. The van der Waals surface area contributed by atoms with Crippen LogP contribution >= 0.6 is 0 Å². The Morgan fingerprint density at radius 3 is 2.68 bits per heavy atom. The Hall–Kier alpha value is -1.20. The molecule has 3 nitrogen and oxygen atoms in total. The molecule has 0 aliphatic heterocycles. The Labute approximate surface area is 111 Å². The molecule has 1 fully saturated rings. The lowest BCUT2D eigenvalue weighted by molar-refractivity contribution is -0.104. The fraction of sp³-hybridized carbons (Fsp3) is 0.571. The minimum Gasteiger partial charge on any atom is -0.487 e. The Balaban J connectivity index is 1.96. The lowest BCUT2D eigenvalue weighted by atomic mass is 9.85. The van der Waals surface area contributed by atoms with Crippen molar-refractivity contribution in [2.24, 2.45) is 0 Å². The van der Waals surface area contributed by atoms with E-state index < -0.39 is 11.6 Å². The molecular formula is C14H19F2NO2. The summed E-state index contributed by atoms with van der Waals surface area (Å²) in [6.07, 6.45) is 0.643. The highest BCUT2D eigenvalue weighted by Gasteiger charge is 2.43. The minimum atomic E-state index is -0.895. The smallest absolute Gasteiger partial charge is 0.162 e. The fourth-order valence-electron chi connectivity index (χ4n) is 2.30. The maximum Gasteiger partial charge on any atom is 0.162 e. The van der Waals surface area contributed by atoms with Crippen molar-refractivity contribution in [3.63, 3.8) is 0 Å². The predicted octanol–water partition coefficient (Wildman–Crippen LogP) is 2.50. The highest BCUT2D eigenvalue weighted by Crippen LogP contribution is 2.29. The maximum atomic E-state index is 13.1. The van der Waals surface area contributed by atoms with Gasteiger partial charge in [0.05, 0.1) is 0 Å². The van der Waals surface area contributed by atoms with E-state index in [4.69, 9.17) is 9.47 Å². The molecular weight excluding hydrogens is 252 g/mol. The molecule has 0 amide bonds.